The van der Waals surface area contributed by atoms with Gasteiger partial charge >= 0.3 is 0 Å². The van der Waals surface area contributed by atoms with Crippen molar-refractivity contribution >= 4 is 31.4 Å². The predicted octanol–water partition coefficient (Wildman–Crippen LogP) is 3.37. The zero-order chi connectivity index (χ0) is 31.2. The molecule has 0 bridgehead atoms. The molecule has 5 rings (SSSR count). The lowest BCUT2D eigenvalue weighted by molar-refractivity contribution is -0.169. The quantitative estimate of drug-likeness (QED) is 0.178. The molecule has 0 amide bonds. The summed E-state index contributed by atoms with van der Waals surface area (Å²) in [6.07, 6.45) is 6.44. The first-order valence-electron chi connectivity index (χ1n) is 13.1. The minimum atomic E-state index is -2.76. The molecule has 15 heteroatoms. The van der Waals surface area contributed by atoms with Gasteiger partial charge in [-0.05, 0) is 49.4 Å². The Morgan fingerprint density at radius 1 is 1.26 bits per heavy atom. The highest BCUT2D eigenvalue weighted by Crippen LogP contribution is 2.60. The number of benzene rings is 1. The molecule has 220 valence electrons. The van der Waals surface area contributed by atoms with Crippen LogP contribution in [0.2, 0.25) is 5.02 Å². The Morgan fingerprint density at radius 3 is 2.63 bits per heavy atom. The molecule has 0 aliphatic heterocycles. The zero-order valence-electron chi connectivity index (χ0n) is 23.5. The molecule has 2 radical (unpaired) electrons. The van der Waals surface area contributed by atoms with Crippen LogP contribution in [0.4, 0.5) is 8.78 Å². The molecule has 1 aromatic carbocycles. The summed E-state index contributed by atoms with van der Waals surface area (Å²) in [4.78, 5) is 22.2. The molecule has 43 heavy (non-hydrogen) atoms. The summed E-state index contributed by atoms with van der Waals surface area (Å²) in [6.45, 7) is 5.21. The van der Waals surface area contributed by atoms with E-state index in [-0.39, 0.29) is 45.4 Å². The first-order chi connectivity index (χ1) is 20.3. The molecule has 1 saturated carbocycles. The zero-order valence-corrected chi connectivity index (χ0v) is 24.3. The molecular weight excluding hydrogens is 581 g/mol. The van der Waals surface area contributed by atoms with Crippen molar-refractivity contribution < 1.29 is 19.0 Å². The summed E-state index contributed by atoms with van der Waals surface area (Å²) in [6, 6.07) is 6.09. The molecule has 3 aromatic heterocycles. The number of nitrogens with zero attached hydrogens (tertiary/aromatic N) is 8. The maximum Gasteiger partial charge on any atom is 0.273 e. The van der Waals surface area contributed by atoms with Crippen LogP contribution in [0, 0.1) is 18.7 Å². The lowest BCUT2D eigenvalue weighted by Crippen LogP contribution is -2.35. The summed E-state index contributed by atoms with van der Waals surface area (Å²) in [5.41, 5.74) is 0.269. The number of aliphatic hydroxyl groups is 2. The molecule has 1 fully saturated rings. The van der Waals surface area contributed by atoms with E-state index in [1.54, 1.807) is 39.1 Å². The van der Waals surface area contributed by atoms with E-state index in [4.69, 9.17) is 19.4 Å². The highest BCUT2D eigenvalue weighted by molar-refractivity contribution is 6.31. The Hall–Kier alpha value is -4.27. The van der Waals surface area contributed by atoms with Gasteiger partial charge in [0.25, 0.3) is 5.56 Å². The average molecular weight is 607 g/mol. The van der Waals surface area contributed by atoms with Crippen LogP contribution in [-0.2, 0) is 12.9 Å². The van der Waals surface area contributed by atoms with Gasteiger partial charge in [-0.15, -0.1) is 4.80 Å². The molecule has 0 saturated heterocycles. The average Bonchev–Trinajstić information content (AvgIpc) is 3.27. The first kappa shape index (κ1) is 30.2. The van der Waals surface area contributed by atoms with Crippen LogP contribution < -0.4 is 5.56 Å². The van der Waals surface area contributed by atoms with Crippen molar-refractivity contribution in [3.05, 3.63) is 98.6 Å². The summed E-state index contributed by atoms with van der Waals surface area (Å²) in [5, 5.41) is 30.8. The van der Waals surface area contributed by atoms with E-state index in [1.807, 2.05) is 6.92 Å². The van der Waals surface area contributed by atoms with Crippen LogP contribution in [0.1, 0.15) is 48.2 Å². The highest BCUT2D eigenvalue weighted by atomic mass is 35.5. The van der Waals surface area contributed by atoms with Gasteiger partial charge in [0, 0.05) is 30.4 Å². The van der Waals surface area contributed by atoms with Gasteiger partial charge in [0.2, 0.25) is 5.81 Å². The fraction of sp³-hybridized carbons (Fsp3) is 0.286. The molecular formula is C28H26BClF2N8O3. The fourth-order valence-electron chi connectivity index (χ4n) is 5.14. The van der Waals surface area contributed by atoms with Crippen LogP contribution in [0.5, 0.6) is 0 Å². The van der Waals surface area contributed by atoms with E-state index in [2.05, 4.69) is 25.3 Å². The number of hydrogen-bond donors (Lipinski definition) is 2. The van der Waals surface area contributed by atoms with Gasteiger partial charge < -0.3 is 10.2 Å². The van der Waals surface area contributed by atoms with Gasteiger partial charge in [-0.1, -0.05) is 30.7 Å². The third-order valence-corrected chi connectivity index (χ3v) is 7.70. The molecule has 1 aliphatic carbocycles. The maximum absolute atomic E-state index is 15.9. The number of aliphatic imine (C=N–C) groups is 1. The van der Waals surface area contributed by atoms with E-state index in [0.29, 0.717) is 21.7 Å². The van der Waals surface area contributed by atoms with Crippen molar-refractivity contribution in [3.8, 4) is 11.4 Å². The monoisotopic (exact) mass is 606 g/mol. The molecule has 1 aliphatic rings. The summed E-state index contributed by atoms with van der Waals surface area (Å²) in [7, 11) is 6.83. The number of aryl methyl sites for hydroxylation is 2. The minimum absolute atomic E-state index is 0.0159. The van der Waals surface area contributed by atoms with Crippen LogP contribution in [0.15, 0.2) is 64.7 Å². The van der Waals surface area contributed by atoms with Crippen LogP contribution >= 0.6 is 11.6 Å². The highest BCUT2D eigenvalue weighted by Gasteiger charge is 2.51. The number of aromatic nitrogens is 7. The number of pyridine rings is 1. The molecule has 3 atom stereocenters. The molecule has 11 nitrogen and oxygen atoms in total. The topological polar surface area (TPSA) is 136 Å². The van der Waals surface area contributed by atoms with Crippen molar-refractivity contribution in [1.82, 2.24) is 34.3 Å². The van der Waals surface area contributed by atoms with Gasteiger partial charge in [-0.2, -0.15) is 15.3 Å². The number of rotatable bonds is 8. The van der Waals surface area contributed by atoms with Crippen LogP contribution in [-0.4, -0.2) is 58.1 Å². The third-order valence-electron chi connectivity index (χ3n) is 7.32. The maximum atomic E-state index is 15.9. The van der Waals surface area contributed by atoms with Crippen molar-refractivity contribution in [3.63, 3.8) is 0 Å². The summed E-state index contributed by atoms with van der Waals surface area (Å²) < 4.78 is 34.1. The predicted molar refractivity (Wildman–Crippen MR) is 156 cm³/mol. The lowest BCUT2D eigenvalue weighted by Gasteiger charge is -2.14. The minimum Gasteiger partial charge on any atom is -0.355 e. The smallest absolute Gasteiger partial charge is 0.273 e. The Morgan fingerprint density at radius 2 is 2.00 bits per heavy atom. The van der Waals surface area contributed by atoms with Crippen LogP contribution in [0.3, 0.4) is 0 Å². The van der Waals surface area contributed by atoms with E-state index in [0.717, 1.165) is 10.8 Å². The van der Waals surface area contributed by atoms with Crippen molar-refractivity contribution in [2.75, 3.05) is 0 Å². The van der Waals surface area contributed by atoms with Crippen molar-refractivity contribution in [1.29, 1.82) is 0 Å². The van der Waals surface area contributed by atoms with Crippen molar-refractivity contribution in [2.45, 2.75) is 38.4 Å². The van der Waals surface area contributed by atoms with Gasteiger partial charge in [0.1, 0.15) is 22.9 Å². The van der Waals surface area contributed by atoms with Gasteiger partial charge in [0.15, 0.2) is 19.5 Å². The van der Waals surface area contributed by atoms with E-state index in [1.165, 1.54) is 35.5 Å². The lowest BCUT2D eigenvalue weighted by atomic mass is 10.0. The normalized spacial score (nSPS) is 19.4. The summed E-state index contributed by atoms with van der Waals surface area (Å²) in [5.74, 6) is -4.73. The van der Waals surface area contributed by atoms with E-state index < -0.39 is 23.0 Å². The second-order valence-corrected chi connectivity index (χ2v) is 10.6. The first-order valence-corrected chi connectivity index (χ1v) is 13.5. The second kappa shape index (κ2) is 11.4. The Kier molecular flexibility index (Phi) is 8.03. The molecule has 4 aromatic rings. The molecule has 2 N–H and O–H groups in total. The van der Waals surface area contributed by atoms with Gasteiger partial charge in [-0.25, -0.2) is 18.4 Å². The van der Waals surface area contributed by atoms with Crippen molar-refractivity contribution in [2.24, 2.45) is 18.0 Å². The molecule has 3 heterocycles. The molecule has 0 spiro atoms. The van der Waals surface area contributed by atoms with Crippen LogP contribution in [0.25, 0.3) is 17.6 Å². The fourth-order valence-corrected chi connectivity index (χ4v) is 5.41. The Bertz CT molecular complexity index is 1860. The Labute approximate surface area is 250 Å². The van der Waals surface area contributed by atoms with Gasteiger partial charge in [-0.3, -0.25) is 14.4 Å². The number of halogens is 3. The van der Waals surface area contributed by atoms with E-state index in [9.17, 15) is 15.0 Å². The largest absolute Gasteiger partial charge is 0.355 e. The van der Waals surface area contributed by atoms with Gasteiger partial charge in [0.05, 0.1) is 23.7 Å². The second-order valence-electron chi connectivity index (χ2n) is 10.2. The van der Waals surface area contributed by atoms with E-state index >= 15 is 8.78 Å². The Balaban J connectivity index is 1.52. The molecule has 3 unspecified atom stereocenters. The standard InChI is InChI=1S/C28H26BClF2N8O3/c1-5-9-33-25(16-7-6-8-17(24(16)32)26-34-13-36-38(26)4)19(31)12-39-14(2)10-18(23(30)27(39)41)21-15(3)22(21)20-11-35-40(37-20)28(29,42)43/h5-13,15,21-22,42-43H,1-4H3/b9-5+,19-12-,33-25+. The number of allylic oxidation sites excluding steroid dienone is 2. The SMILES string of the molecule is [B]C(O)(O)n1ncc(C2C(C)C2c2cc(C)n(/C=C(F)/C(=N/C=C/C)c3cccc(-c4ncnn4C)c3F)c(=O)c2Cl)n1. The summed E-state index contributed by atoms with van der Waals surface area (Å²) >= 11 is 6.54. The number of hydrogen-bond acceptors (Lipinski definition) is 8. The third kappa shape index (κ3) is 5.60.